The van der Waals surface area contributed by atoms with Crippen molar-refractivity contribution >= 4 is 22.5 Å². The lowest BCUT2D eigenvalue weighted by Crippen LogP contribution is -2.32. The van der Waals surface area contributed by atoms with Crippen molar-refractivity contribution in [3.05, 3.63) is 28.6 Å². The van der Waals surface area contributed by atoms with Crippen LogP contribution in [0, 0.1) is 0 Å². The summed E-state index contributed by atoms with van der Waals surface area (Å²) in [5, 5.41) is 4.11. The average molecular weight is 328 g/mol. The van der Waals surface area contributed by atoms with Crippen molar-refractivity contribution < 1.29 is 0 Å². The molecule has 0 radical (unpaired) electrons. The molecule has 0 amide bonds. The molecule has 0 unspecified atom stereocenters. The molecule has 1 aliphatic heterocycles. The van der Waals surface area contributed by atoms with Gasteiger partial charge in [-0.25, -0.2) is 4.98 Å². The normalized spacial score (nSPS) is 15.0. The van der Waals surface area contributed by atoms with Crippen LogP contribution in [0.1, 0.15) is 51.9 Å². The van der Waals surface area contributed by atoms with Crippen molar-refractivity contribution in [1.29, 1.82) is 0 Å². The fraction of sp³-hybridized carbons (Fsp3) is 0.579. The highest BCUT2D eigenvalue weighted by Gasteiger charge is 2.14. The number of nitrogens with one attached hydrogen (secondary N) is 2. The van der Waals surface area contributed by atoms with Gasteiger partial charge >= 0.3 is 0 Å². The van der Waals surface area contributed by atoms with Crippen LogP contribution < -0.4 is 15.8 Å². The summed E-state index contributed by atoms with van der Waals surface area (Å²) in [6.07, 6.45) is 8.57. The van der Waals surface area contributed by atoms with Gasteiger partial charge in [0.1, 0.15) is 0 Å². The molecule has 1 aromatic heterocycles. The molecule has 0 aliphatic carbocycles. The predicted molar refractivity (Wildman–Crippen MR) is 101 cm³/mol. The van der Waals surface area contributed by atoms with E-state index in [0.717, 1.165) is 30.8 Å². The Kier molecular flexibility index (Phi) is 5.72. The van der Waals surface area contributed by atoms with E-state index in [1.54, 1.807) is 0 Å². The maximum Gasteiger partial charge on any atom is 0.260 e. The highest BCUT2D eigenvalue weighted by Crippen LogP contribution is 2.19. The second kappa shape index (κ2) is 8.18. The Morgan fingerprint density at radius 1 is 1.17 bits per heavy atom. The van der Waals surface area contributed by atoms with E-state index in [0.29, 0.717) is 11.3 Å². The maximum atomic E-state index is 12.3. The Balaban J connectivity index is 1.75. The van der Waals surface area contributed by atoms with Crippen molar-refractivity contribution in [3.8, 4) is 0 Å². The highest BCUT2D eigenvalue weighted by atomic mass is 16.1. The lowest BCUT2D eigenvalue weighted by molar-refractivity contribution is 0.568. The zero-order valence-electron chi connectivity index (χ0n) is 14.6. The second-order valence-electron chi connectivity index (χ2n) is 6.66. The number of aromatic amines is 1. The lowest BCUT2D eigenvalue weighted by atomic mass is 10.1. The van der Waals surface area contributed by atoms with Crippen LogP contribution in [0.5, 0.6) is 0 Å². The average Bonchev–Trinajstić information content (AvgIpc) is 2.62. The molecule has 3 rings (SSSR count). The van der Waals surface area contributed by atoms with Crippen molar-refractivity contribution in [1.82, 2.24) is 9.97 Å². The molecular formula is C19H28N4O. The second-order valence-corrected chi connectivity index (χ2v) is 6.66. The Bertz CT molecular complexity index is 719. The molecular weight excluding hydrogens is 300 g/mol. The molecule has 2 N–H and O–H groups in total. The molecule has 0 atom stereocenters. The third-order valence-corrected chi connectivity index (χ3v) is 4.71. The van der Waals surface area contributed by atoms with Gasteiger partial charge < -0.3 is 10.2 Å². The van der Waals surface area contributed by atoms with E-state index in [1.165, 1.54) is 44.9 Å². The predicted octanol–water partition coefficient (Wildman–Crippen LogP) is 3.91. The van der Waals surface area contributed by atoms with Crippen LogP contribution in [-0.4, -0.2) is 29.6 Å². The topological polar surface area (TPSA) is 61.0 Å². The first-order chi connectivity index (χ1) is 11.8. The van der Waals surface area contributed by atoms with Gasteiger partial charge in [0.25, 0.3) is 5.56 Å². The maximum absolute atomic E-state index is 12.3. The molecule has 130 valence electrons. The van der Waals surface area contributed by atoms with Crippen LogP contribution in [0.2, 0.25) is 0 Å². The zero-order chi connectivity index (χ0) is 16.8. The summed E-state index contributed by atoms with van der Waals surface area (Å²) in [5.41, 5.74) is 1.77. The summed E-state index contributed by atoms with van der Waals surface area (Å²) in [5.74, 6) is 0.715. The minimum absolute atomic E-state index is 0.0462. The number of aromatic nitrogens is 2. The van der Waals surface area contributed by atoms with Gasteiger partial charge in [0.15, 0.2) is 0 Å². The minimum Gasteiger partial charge on any atom is -0.385 e. The standard InChI is InChI=1S/C19H28N4O/c1-2-3-4-6-11-20-15-9-10-16-17(14-15)21-19(22-18(16)24)23-12-7-5-8-13-23/h9-10,14,20H,2-8,11-13H2,1H3,(H,21,22,24). The first kappa shape index (κ1) is 16.8. The number of H-pyrrole nitrogens is 1. The van der Waals surface area contributed by atoms with E-state index in [2.05, 4.69) is 22.1 Å². The molecule has 0 spiro atoms. The first-order valence-electron chi connectivity index (χ1n) is 9.31. The van der Waals surface area contributed by atoms with Gasteiger partial charge in [-0.05, 0) is 43.9 Å². The molecule has 0 bridgehead atoms. The molecule has 5 nitrogen and oxygen atoms in total. The lowest BCUT2D eigenvalue weighted by Gasteiger charge is -2.27. The van der Waals surface area contributed by atoms with Crippen molar-refractivity contribution in [2.24, 2.45) is 0 Å². The number of piperidine rings is 1. The Hall–Kier alpha value is -2.04. The van der Waals surface area contributed by atoms with Gasteiger partial charge in [-0.3, -0.25) is 9.78 Å². The SMILES string of the molecule is CCCCCCNc1ccc2c(=O)[nH]c(N3CCCCC3)nc2c1. The van der Waals surface area contributed by atoms with Crippen LogP contribution >= 0.6 is 0 Å². The third kappa shape index (κ3) is 4.08. The molecule has 1 saturated heterocycles. The summed E-state index contributed by atoms with van der Waals surface area (Å²) in [7, 11) is 0. The molecule has 5 heteroatoms. The molecule has 24 heavy (non-hydrogen) atoms. The number of unbranched alkanes of at least 4 members (excludes halogenated alkanes) is 3. The van der Waals surface area contributed by atoms with Crippen molar-refractivity contribution in [2.75, 3.05) is 29.9 Å². The van der Waals surface area contributed by atoms with E-state index in [-0.39, 0.29) is 5.56 Å². The number of rotatable bonds is 7. The van der Waals surface area contributed by atoms with E-state index >= 15 is 0 Å². The Morgan fingerprint density at radius 2 is 2.00 bits per heavy atom. The molecule has 1 aromatic carbocycles. The van der Waals surface area contributed by atoms with E-state index in [1.807, 2.05) is 18.2 Å². The quantitative estimate of drug-likeness (QED) is 0.757. The van der Waals surface area contributed by atoms with Gasteiger partial charge in [0, 0.05) is 25.3 Å². The summed E-state index contributed by atoms with van der Waals surface area (Å²) in [6.45, 7) is 5.14. The first-order valence-corrected chi connectivity index (χ1v) is 9.31. The van der Waals surface area contributed by atoms with Crippen molar-refractivity contribution in [2.45, 2.75) is 51.9 Å². The molecule has 1 aliphatic rings. The monoisotopic (exact) mass is 328 g/mol. The Labute approximate surface area is 143 Å². The zero-order valence-corrected chi connectivity index (χ0v) is 14.6. The van der Waals surface area contributed by atoms with Crippen LogP contribution in [0.25, 0.3) is 10.9 Å². The van der Waals surface area contributed by atoms with Gasteiger partial charge in [-0.1, -0.05) is 26.2 Å². The van der Waals surface area contributed by atoms with Crippen molar-refractivity contribution in [3.63, 3.8) is 0 Å². The number of anilines is 2. The van der Waals surface area contributed by atoms with Gasteiger partial charge in [-0.2, -0.15) is 0 Å². The molecule has 1 fully saturated rings. The summed E-state index contributed by atoms with van der Waals surface area (Å²) in [6, 6.07) is 5.84. The number of nitrogens with zero attached hydrogens (tertiary/aromatic N) is 2. The molecule has 2 aromatic rings. The fourth-order valence-corrected chi connectivity index (χ4v) is 3.28. The third-order valence-electron chi connectivity index (χ3n) is 4.71. The van der Waals surface area contributed by atoms with Crippen LogP contribution in [-0.2, 0) is 0 Å². The highest BCUT2D eigenvalue weighted by molar-refractivity contribution is 5.82. The smallest absolute Gasteiger partial charge is 0.260 e. The minimum atomic E-state index is -0.0462. The number of hydrogen-bond acceptors (Lipinski definition) is 4. The number of benzene rings is 1. The van der Waals surface area contributed by atoms with Crippen LogP contribution in [0.3, 0.4) is 0 Å². The molecule has 0 saturated carbocycles. The Morgan fingerprint density at radius 3 is 2.79 bits per heavy atom. The van der Waals surface area contributed by atoms with E-state index in [4.69, 9.17) is 4.98 Å². The van der Waals surface area contributed by atoms with Gasteiger partial charge in [-0.15, -0.1) is 0 Å². The van der Waals surface area contributed by atoms with Crippen LogP contribution in [0.4, 0.5) is 11.6 Å². The van der Waals surface area contributed by atoms with Gasteiger partial charge in [0.05, 0.1) is 10.9 Å². The summed E-state index contributed by atoms with van der Waals surface area (Å²) < 4.78 is 0. The fourth-order valence-electron chi connectivity index (χ4n) is 3.28. The molecule has 2 heterocycles. The summed E-state index contributed by atoms with van der Waals surface area (Å²) in [4.78, 5) is 22.2. The van der Waals surface area contributed by atoms with E-state index < -0.39 is 0 Å². The summed E-state index contributed by atoms with van der Waals surface area (Å²) >= 11 is 0. The van der Waals surface area contributed by atoms with E-state index in [9.17, 15) is 4.79 Å². The number of fused-ring (bicyclic) bond motifs is 1. The van der Waals surface area contributed by atoms with Gasteiger partial charge in [0.2, 0.25) is 5.95 Å². The number of hydrogen-bond donors (Lipinski definition) is 2. The largest absolute Gasteiger partial charge is 0.385 e. The van der Waals surface area contributed by atoms with Crippen LogP contribution in [0.15, 0.2) is 23.0 Å².